The molecule has 1 aromatic rings. The van der Waals surface area contributed by atoms with Crippen LogP contribution in [0.15, 0.2) is 24.3 Å². The lowest BCUT2D eigenvalue weighted by Crippen LogP contribution is -2.53. The third-order valence-electron chi connectivity index (χ3n) is 5.15. The molecule has 2 saturated heterocycles. The number of carbonyl (C=O) groups is 1. The fourth-order valence-electron chi connectivity index (χ4n) is 3.67. The lowest BCUT2D eigenvalue weighted by molar-refractivity contribution is -0.135. The van der Waals surface area contributed by atoms with Gasteiger partial charge in [0.05, 0.1) is 12.0 Å². The molecule has 2 N–H and O–H groups in total. The van der Waals surface area contributed by atoms with Gasteiger partial charge in [-0.25, -0.2) is 0 Å². The quantitative estimate of drug-likeness (QED) is 0.878. The van der Waals surface area contributed by atoms with Crippen LogP contribution in [0.2, 0.25) is 0 Å². The first-order valence-electron chi connectivity index (χ1n) is 8.87. The third-order valence-corrected chi connectivity index (χ3v) is 5.15. The minimum atomic E-state index is -0.115. The zero-order chi connectivity index (χ0) is 16.2. The van der Waals surface area contributed by atoms with Gasteiger partial charge < -0.3 is 15.4 Å². The molecule has 5 heteroatoms. The van der Waals surface area contributed by atoms with Crippen LogP contribution in [0.4, 0.5) is 0 Å². The van der Waals surface area contributed by atoms with E-state index in [1.165, 1.54) is 5.56 Å². The molecule has 4 unspecified atom stereocenters. The van der Waals surface area contributed by atoms with Crippen molar-refractivity contribution in [2.75, 3.05) is 13.2 Å². The number of hydrogen-bond acceptors (Lipinski definition) is 3. The summed E-state index contributed by atoms with van der Waals surface area (Å²) in [5, 5.41) is 6.71. The molecule has 0 bridgehead atoms. The average molecular weight is 353 g/mol. The van der Waals surface area contributed by atoms with Crippen LogP contribution in [0.5, 0.6) is 0 Å². The van der Waals surface area contributed by atoms with E-state index in [-0.39, 0.29) is 36.4 Å². The van der Waals surface area contributed by atoms with Crippen molar-refractivity contribution < 1.29 is 9.53 Å². The van der Waals surface area contributed by atoms with E-state index < -0.39 is 0 Å². The molecular weight excluding hydrogens is 324 g/mol. The minimum Gasteiger partial charge on any atom is -0.373 e. The van der Waals surface area contributed by atoms with Gasteiger partial charge >= 0.3 is 0 Å². The largest absolute Gasteiger partial charge is 0.373 e. The first kappa shape index (κ1) is 19.2. The maximum Gasteiger partial charge on any atom is 0.226 e. The van der Waals surface area contributed by atoms with Crippen LogP contribution < -0.4 is 10.6 Å². The van der Waals surface area contributed by atoms with Gasteiger partial charge in [0, 0.05) is 18.7 Å². The molecular formula is C19H29ClN2O2. The van der Waals surface area contributed by atoms with Crippen LogP contribution in [0.25, 0.3) is 0 Å². The van der Waals surface area contributed by atoms with Gasteiger partial charge in [-0.1, -0.05) is 29.8 Å². The Bertz CT molecular complexity index is 535. The SMILES string of the molecule is Cc1ccc(C2OCCCC2C(=O)NC2CCCNC2C)cc1.Cl. The number of rotatable bonds is 3. The van der Waals surface area contributed by atoms with Crippen molar-refractivity contribution in [3.63, 3.8) is 0 Å². The second-order valence-electron chi connectivity index (χ2n) is 6.95. The summed E-state index contributed by atoms with van der Waals surface area (Å²) in [5.74, 6) is 0.0661. The smallest absolute Gasteiger partial charge is 0.226 e. The lowest BCUT2D eigenvalue weighted by atomic mass is 9.87. The van der Waals surface area contributed by atoms with E-state index in [1.54, 1.807) is 0 Å². The first-order valence-corrected chi connectivity index (χ1v) is 8.87. The number of aryl methyl sites for hydroxylation is 1. The molecule has 24 heavy (non-hydrogen) atoms. The number of nitrogens with one attached hydrogen (secondary N) is 2. The molecule has 4 atom stereocenters. The Morgan fingerprint density at radius 3 is 2.67 bits per heavy atom. The number of ether oxygens (including phenoxy) is 1. The Morgan fingerprint density at radius 1 is 1.21 bits per heavy atom. The van der Waals surface area contributed by atoms with E-state index in [4.69, 9.17) is 4.74 Å². The van der Waals surface area contributed by atoms with Crippen molar-refractivity contribution in [3.8, 4) is 0 Å². The van der Waals surface area contributed by atoms with E-state index in [2.05, 4.69) is 48.7 Å². The molecule has 0 spiro atoms. The van der Waals surface area contributed by atoms with Crippen molar-refractivity contribution in [3.05, 3.63) is 35.4 Å². The van der Waals surface area contributed by atoms with Crippen molar-refractivity contribution in [1.82, 2.24) is 10.6 Å². The molecule has 4 nitrogen and oxygen atoms in total. The summed E-state index contributed by atoms with van der Waals surface area (Å²) in [6.07, 6.45) is 3.93. The summed E-state index contributed by atoms with van der Waals surface area (Å²) >= 11 is 0. The molecule has 1 aromatic carbocycles. The normalized spacial score (nSPS) is 30.2. The molecule has 2 fully saturated rings. The highest BCUT2D eigenvalue weighted by atomic mass is 35.5. The molecule has 2 aliphatic rings. The van der Waals surface area contributed by atoms with Crippen LogP contribution in [0.1, 0.15) is 49.8 Å². The maximum absolute atomic E-state index is 12.8. The van der Waals surface area contributed by atoms with Gasteiger partial charge in [-0.2, -0.15) is 0 Å². The Morgan fingerprint density at radius 2 is 1.96 bits per heavy atom. The molecule has 1 amide bonds. The Labute approximate surface area is 151 Å². The van der Waals surface area contributed by atoms with Crippen LogP contribution in [-0.4, -0.2) is 31.1 Å². The van der Waals surface area contributed by atoms with E-state index in [0.717, 1.165) is 44.4 Å². The number of hydrogen-bond donors (Lipinski definition) is 2. The molecule has 2 aliphatic heterocycles. The Kier molecular flexibility index (Phi) is 7.08. The number of benzene rings is 1. The van der Waals surface area contributed by atoms with Crippen LogP contribution in [0, 0.1) is 12.8 Å². The molecule has 0 saturated carbocycles. The highest BCUT2D eigenvalue weighted by Gasteiger charge is 2.35. The lowest BCUT2D eigenvalue weighted by Gasteiger charge is -2.35. The van der Waals surface area contributed by atoms with E-state index >= 15 is 0 Å². The number of amides is 1. The van der Waals surface area contributed by atoms with Gasteiger partial charge in [0.15, 0.2) is 0 Å². The third kappa shape index (κ3) is 4.50. The molecule has 3 rings (SSSR count). The van der Waals surface area contributed by atoms with E-state index in [9.17, 15) is 4.79 Å². The molecule has 0 aliphatic carbocycles. The summed E-state index contributed by atoms with van der Waals surface area (Å²) in [4.78, 5) is 12.8. The minimum absolute atomic E-state index is 0. The number of piperidine rings is 1. The average Bonchev–Trinajstić information content (AvgIpc) is 2.58. The summed E-state index contributed by atoms with van der Waals surface area (Å²) in [7, 11) is 0. The molecule has 134 valence electrons. The topological polar surface area (TPSA) is 50.4 Å². The summed E-state index contributed by atoms with van der Waals surface area (Å²) in [6, 6.07) is 8.95. The Balaban J connectivity index is 0.00000208. The summed E-state index contributed by atoms with van der Waals surface area (Å²) in [5.41, 5.74) is 2.35. The molecule has 0 aromatic heterocycles. The van der Waals surface area contributed by atoms with Crippen molar-refractivity contribution in [2.45, 2.75) is 57.7 Å². The van der Waals surface area contributed by atoms with Gasteiger partial charge in [-0.3, -0.25) is 4.79 Å². The number of carbonyl (C=O) groups excluding carboxylic acids is 1. The standard InChI is InChI=1S/C19H28N2O2.ClH/c1-13-7-9-15(10-8-13)18-16(5-4-12-23-18)19(22)21-17-6-3-11-20-14(17)2;/h7-10,14,16-18,20H,3-6,11-12H2,1-2H3,(H,21,22);1H. The van der Waals surface area contributed by atoms with Crippen LogP contribution in [0.3, 0.4) is 0 Å². The van der Waals surface area contributed by atoms with Gasteiger partial charge in [-0.15, -0.1) is 12.4 Å². The predicted octanol–water partition coefficient (Wildman–Crippen LogP) is 3.14. The highest BCUT2D eigenvalue weighted by molar-refractivity contribution is 5.85. The van der Waals surface area contributed by atoms with Gasteiger partial charge in [-0.05, 0) is 51.6 Å². The zero-order valence-corrected chi connectivity index (χ0v) is 15.4. The zero-order valence-electron chi connectivity index (χ0n) is 14.6. The first-order chi connectivity index (χ1) is 11.1. The maximum atomic E-state index is 12.8. The predicted molar refractivity (Wildman–Crippen MR) is 98.5 cm³/mol. The number of halogens is 1. The van der Waals surface area contributed by atoms with Crippen LogP contribution >= 0.6 is 12.4 Å². The van der Waals surface area contributed by atoms with Crippen molar-refractivity contribution >= 4 is 18.3 Å². The Hall–Kier alpha value is -1.10. The van der Waals surface area contributed by atoms with Crippen molar-refractivity contribution in [2.24, 2.45) is 5.92 Å². The summed E-state index contributed by atoms with van der Waals surface area (Å²) < 4.78 is 5.98. The van der Waals surface area contributed by atoms with Gasteiger partial charge in [0.25, 0.3) is 0 Å². The monoisotopic (exact) mass is 352 g/mol. The summed E-state index contributed by atoms with van der Waals surface area (Å²) in [6.45, 7) is 6.02. The van der Waals surface area contributed by atoms with E-state index in [0.29, 0.717) is 6.04 Å². The van der Waals surface area contributed by atoms with Crippen molar-refractivity contribution in [1.29, 1.82) is 0 Å². The fourth-order valence-corrected chi connectivity index (χ4v) is 3.67. The molecule has 0 radical (unpaired) electrons. The highest BCUT2D eigenvalue weighted by Crippen LogP contribution is 2.34. The van der Waals surface area contributed by atoms with Gasteiger partial charge in [0.1, 0.15) is 0 Å². The second kappa shape index (κ2) is 8.84. The molecule has 2 heterocycles. The van der Waals surface area contributed by atoms with Crippen LogP contribution in [-0.2, 0) is 9.53 Å². The van der Waals surface area contributed by atoms with Gasteiger partial charge in [0.2, 0.25) is 5.91 Å². The van der Waals surface area contributed by atoms with E-state index in [1.807, 2.05) is 0 Å². The fraction of sp³-hybridized carbons (Fsp3) is 0.632. The second-order valence-corrected chi connectivity index (χ2v) is 6.95.